The van der Waals surface area contributed by atoms with E-state index in [1.165, 1.54) is 28.8 Å². The van der Waals surface area contributed by atoms with Crippen molar-refractivity contribution in [2.45, 2.75) is 37.3 Å². The molecule has 0 radical (unpaired) electrons. The van der Waals surface area contributed by atoms with Crippen molar-refractivity contribution >= 4 is 46.2 Å². The highest BCUT2D eigenvalue weighted by atomic mass is 32.2. The minimum Gasteiger partial charge on any atom is -0.445 e. The van der Waals surface area contributed by atoms with Crippen molar-refractivity contribution in [1.82, 2.24) is 14.8 Å². The molecule has 0 bridgehead atoms. The van der Waals surface area contributed by atoms with Gasteiger partial charge in [0.05, 0.1) is 17.9 Å². The molecule has 45 heavy (non-hydrogen) atoms. The number of nitrogens with one attached hydrogen (secondary N) is 1. The SMILES string of the molecule is O=C(Nc1ccc(C2SC(=Nc3cccc(F)c3)N(Cc3ccccn3)C2=O)cc1)C1CCCN1C(=O)OCc1ccccc1. The van der Waals surface area contributed by atoms with Gasteiger partial charge in [-0.15, -0.1) is 0 Å². The Morgan fingerprint density at radius 3 is 2.56 bits per heavy atom. The first kappa shape index (κ1) is 30.0. The number of rotatable bonds is 8. The summed E-state index contributed by atoms with van der Waals surface area (Å²) in [7, 11) is 0. The molecule has 2 atom stereocenters. The summed E-state index contributed by atoms with van der Waals surface area (Å²) in [5.41, 5.74) is 3.24. The van der Waals surface area contributed by atoms with Gasteiger partial charge in [0.2, 0.25) is 11.8 Å². The molecule has 3 amide bonds. The summed E-state index contributed by atoms with van der Waals surface area (Å²) >= 11 is 1.28. The third kappa shape index (κ3) is 7.21. The van der Waals surface area contributed by atoms with E-state index in [4.69, 9.17) is 4.74 Å². The summed E-state index contributed by atoms with van der Waals surface area (Å²) in [6, 6.07) is 27.2. The first-order chi connectivity index (χ1) is 21.9. The van der Waals surface area contributed by atoms with Crippen molar-refractivity contribution in [3.05, 3.63) is 126 Å². The minimum atomic E-state index is -0.637. The Balaban J connectivity index is 1.13. The van der Waals surface area contributed by atoms with Crippen LogP contribution in [0.25, 0.3) is 0 Å². The van der Waals surface area contributed by atoms with Crippen LogP contribution in [0.4, 0.5) is 20.6 Å². The van der Waals surface area contributed by atoms with Crippen LogP contribution in [0.2, 0.25) is 0 Å². The third-order valence-corrected chi connectivity index (χ3v) is 8.73. The number of benzene rings is 3. The maximum atomic E-state index is 13.9. The van der Waals surface area contributed by atoms with E-state index in [1.807, 2.05) is 42.5 Å². The number of aliphatic imine (C=N–C) groups is 1. The van der Waals surface area contributed by atoms with E-state index >= 15 is 0 Å². The molecule has 9 nitrogen and oxygen atoms in total. The predicted octanol–water partition coefficient (Wildman–Crippen LogP) is 6.46. The molecule has 3 aromatic carbocycles. The lowest BCUT2D eigenvalue weighted by Crippen LogP contribution is -2.43. The van der Waals surface area contributed by atoms with E-state index in [0.29, 0.717) is 41.6 Å². The summed E-state index contributed by atoms with van der Waals surface area (Å²) < 4.78 is 19.3. The first-order valence-electron chi connectivity index (χ1n) is 14.5. The van der Waals surface area contributed by atoms with Crippen LogP contribution >= 0.6 is 11.8 Å². The third-order valence-electron chi connectivity index (χ3n) is 7.50. The molecule has 6 rings (SSSR count). The van der Waals surface area contributed by atoms with Gasteiger partial charge in [0, 0.05) is 18.4 Å². The Kier molecular flexibility index (Phi) is 9.16. The van der Waals surface area contributed by atoms with Crippen molar-refractivity contribution < 1.29 is 23.5 Å². The molecule has 1 aromatic heterocycles. The second-order valence-electron chi connectivity index (χ2n) is 10.6. The minimum absolute atomic E-state index is 0.137. The molecular weight excluding hydrogens is 593 g/mol. The van der Waals surface area contributed by atoms with E-state index < -0.39 is 23.2 Å². The highest BCUT2D eigenvalue weighted by Gasteiger charge is 2.39. The predicted molar refractivity (Wildman–Crippen MR) is 170 cm³/mol. The number of carbonyl (C=O) groups is 3. The molecule has 2 unspecified atom stereocenters. The second kappa shape index (κ2) is 13.7. The zero-order chi connectivity index (χ0) is 31.2. The number of amides is 3. The average Bonchev–Trinajstić information content (AvgIpc) is 3.67. The fourth-order valence-corrected chi connectivity index (χ4v) is 6.41. The number of likely N-dealkylation sites (tertiary alicyclic amines) is 1. The van der Waals surface area contributed by atoms with E-state index in [9.17, 15) is 18.8 Å². The van der Waals surface area contributed by atoms with E-state index in [1.54, 1.807) is 53.6 Å². The first-order valence-corrected chi connectivity index (χ1v) is 15.4. The maximum Gasteiger partial charge on any atom is 0.410 e. The largest absolute Gasteiger partial charge is 0.445 e. The number of halogens is 1. The van der Waals surface area contributed by atoms with Crippen LogP contribution in [-0.4, -0.2) is 50.4 Å². The smallest absolute Gasteiger partial charge is 0.410 e. The standard InChI is InChI=1S/C34H30FN5O4S/c35-25-10-6-12-27(20-25)38-33-40(21-28-11-4-5-18-36-28)32(42)30(45-33)24-14-16-26(17-15-24)37-31(41)29-13-7-19-39(29)34(43)44-22-23-8-2-1-3-9-23/h1-6,8-12,14-18,20,29-30H,7,13,19,21-22H2,(H,37,41). The summed E-state index contributed by atoms with van der Waals surface area (Å²) in [6.45, 7) is 0.801. The van der Waals surface area contributed by atoms with Gasteiger partial charge in [-0.1, -0.05) is 66.4 Å². The monoisotopic (exact) mass is 623 g/mol. The number of hydrogen-bond acceptors (Lipinski definition) is 7. The normalized spacial score (nSPS) is 18.8. The summed E-state index contributed by atoms with van der Waals surface area (Å²) in [5.74, 6) is -0.885. The molecule has 0 aliphatic carbocycles. The number of amidine groups is 1. The highest BCUT2D eigenvalue weighted by Crippen LogP contribution is 2.41. The van der Waals surface area contributed by atoms with Crippen molar-refractivity contribution in [2.24, 2.45) is 4.99 Å². The molecule has 11 heteroatoms. The molecule has 4 aromatic rings. The molecule has 2 saturated heterocycles. The van der Waals surface area contributed by atoms with Crippen LogP contribution in [0.3, 0.4) is 0 Å². The lowest BCUT2D eigenvalue weighted by molar-refractivity contribution is -0.126. The Bertz CT molecular complexity index is 1700. The molecule has 2 aliphatic heterocycles. The van der Waals surface area contributed by atoms with Gasteiger partial charge in [0.25, 0.3) is 0 Å². The fourth-order valence-electron chi connectivity index (χ4n) is 5.23. The lowest BCUT2D eigenvalue weighted by Gasteiger charge is -2.23. The van der Waals surface area contributed by atoms with E-state index in [0.717, 1.165) is 11.1 Å². The van der Waals surface area contributed by atoms with Crippen molar-refractivity contribution in [3.8, 4) is 0 Å². The van der Waals surface area contributed by atoms with E-state index in [2.05, 4.69) is 15.3 Å². The molecule has 228 valence electrons. The highest BCUT2D eigenvalue weighted by molar-refractivity contribution is 8.15. The average molecular weight is 624 g/mol. The van der Waals surface area contributed by atoms with Crippen LogP contribution in [0.1, 0.15) is 34.9 Å². The van der Waals surface area contributed by atoms with Gasteiger partial charge < -0.3 is 10.1 Å². The van der Waals surface area contributed by atoms with Gasteiger partial charge in [-0.2, -0.15) is 0 Å². The van der Waals surface area contributed by atoms with Crippen molar-refractivity contribution in [1.29, 1.82) is 0 Å². The second-order valence-corrected chi connectivity index (χ2v) is 11.7. The quantitative estimate of drug-likeness (QED) is 0.242. The van der Waals surface area contributed by atoms with Crippen molar-refractivity contribution in [2.75, 3.05) is 11.9 Å². The van der Waals surface area contributed by atoms with Crippen LogP contribution in [0, 0.1) is 5.82 Å². The molecule has 0 saturated carbocycles. The lowest BCUT2D eigenvalue weighted by atomic mass is 10.1. The summed E-state index contributed by atoms with van der Waals surface area (Å²) in [4.78, 5) is 51.6. The molecule has 1 N–H and O–H groups in total. The zero-order valence-electron chi connectivity index (χ0n) is 24.2. The summed E-state index contributed by atoms with van der Waals surface area (Å²) in [5, 5.41) is 2.76. The molecule has 2 aliphatic rings. The van der Waals surface area contributed by atoms with Crippen LogP contribution in [-0.2, 0) is 27.5 Å². The Labute approximate surface area is 264 Å². The Hall–Kier alpha value is -5.03. The van der Waals surface area contributed by atoms with Crippen molar-refractivity contribution in [3.63, 3.8) is 0 Å². The fraction of sp³-hybridized carbons (Fsp3) is 0.206. The van der Waals surface area contributed by atoms with Crippen LogP contribution < -0.4 is 5.32 Å². The number of carbonyl (C=O) groups excluding carboxylic acids is 3. The Morgan fingerprint density at radius 1 is 1.00 bits per heavy atom. The zero-order valence-corrected chi connectivity index (χ0v) is 25.0. The maximum absolute atomic E-state index is 13.9. The van der Waals surface area contributed by atoms with Gasteiger partial charge >= 0.3 is 6.09 Å². The van der Waals surface area contributed by atoms with Crippen LogP contribution in [0.15, 0.2) is 108 Å². The Morgan fingerprint density at radius 2 is 1.80 bits per heavy atom. The van der Waals surface area contributed by atoms with Gasteiger partial charge in [-0.25, -0.2) is 14.2 Å². The molecule has 2 fully saturated rings. The number of aromatic nitrogens is 1. The molecular formula is C34H30FN5O4S. The molecule has 0 spiro atoms. The number of nitrogens with zero attached hydrogens (tertiary/aromatic N) is 4. The summed E-state index contributed by atoms with van der Waals surface area (Å²) in [6.07, 6.45) is 2.38. The topological polar surface area (TPSA) is 104 Å². The van der Waals surface area contributed by atoms with Gasteiger partial charge in [0.1, 0.15) is 23.7 Å². The number of anilines is 1. The number of ether oxygens (including phenoxy) is 1. The van der Waals surface area contributed by atoms with Gasteiger partial charge in [-0.3, -0.25) is 24.4 Å². The molecule has 3 heterocycles. The van der Waals surface area contributed by atoms with Gasteiger partial charge in [-0.05, 0) is 66.4 Å². The number of thioether (sulfide) groups is 1. The number of pyridine rings is 1. The van der Waals surface area contributed by atoms with Crippen LogP contribution in [0.5, 0.6) is 0 Å². The number of hydrogen-bond donors (Lipinski definition) is 1. The van der Waals surface area contributed by atoms with Gasteiger partial charge in [0.15, 0.2) is 5.17 Å². The van der Waals surface area contributed by atoms with E-state index in [-0.39, 0.29) is 25.0 Å².